The molecule has 0 rings (SSSR count). The van der Waals surface area contributed by atoms with Crippen LogP contribution in [-0.4, -0.2) is 65.8 Å². The van der Waals surface area contributed by atoms with Gasteiger partial charge in [0.1, 0.15) is 18.8 Å². The summed E-state index contributed by atoms with van der Waals surface area (Å²) in [7, 11) is -7.56. The van der Waals surface area contributed by atoms with E-state index in [9.17, 15) is 18.8 Å². The standard InChI is InChI=1S/C9H18N2O11P2/c1-6(10)9(14)22-8(4-19-23(16)17)5-21-24(18,11-15)20-3-7(13)2-12/h6-8,12-13H,2-5,10H2,1H3/p+1/t6-,7?,8?,24?/m1/s1. The van der Waals surface area contributed by atoms with Gasteiger partial charge in [-0.2, -0.15) is 0 Å². The highest BCUT2D eigenvalue weighted by Gasteiger charge is 2.31. The Kier molecular flexibility index (Phi) is 11.2. The third-order valence-electron chi connectivity index (χ3n) is 2.19. The molecule has 0 fully saturated rings. The lowest BCUT2D eigenvalue weighted by molar-refractivity contribution is -0.153. The van der Waals surface area contributed by atoms with Crippen LogP contribution < -0.4 is 5.73 Å². The minimum atomic E-state index is -4.55. The molecule has 0 aliphatic rings. The summed E-state index contributed by atoms with van der Waals surface area (Å²) >= 11 is 0. The summed E-state index contributed by atoms with van der Waals surface area (Å²) < 4.78 is 40.6. The molecule has 5 atom stereocenters. The van der Waals surface area contributed by atoms with E-state index >= 15 is 0 Å². The number of esters is 1. The van der Waals surface area contributed by atoms with Crippen LogP contribution in [0.2, 0.25) is 0 Å². The van der Waals surface area contributed by atoms with E-state index in [0.717, 1.165) is 0 Å². The van der Waals surface area contributed by atoms with Crippen LogP contribution in [0.4, 0.5) is 0 Å². The van der Waals surface area contributed by atoms with Gasteiger partial charge in [-0.3, -0.25) is 13.8 Å². The second kappa shape index (κ2) is 11.6. The summed E-state index contributed by atoms with van der Waals surface area (Å²) in [6.07, 6.45) is -2.76. The SMILES string of the molecule is C[C@@H](N)C(=O)OC(CO[P+](=O)O)COP(=O)(N=O)OCC(O)CO. The molecule has 140 valence electrons. The third-order valence-corrected chi connectivity index (χ3v) is 3.71. The molecule has 4 unspecified atom stereocenters. The Hall–Kier alpha value is -0.880. The second-order valence-corrected chi connectivity index (χ2v) is 6.71. The fourth-order valence-corrected chi connectivity index (χ4v) is 2.21. The van der Waals surface area contributed by atoms with Crippen molar-refractivity contribution in [2.45, 2.75) is 25.2 Å². The van der Waals surface area contributed by atoms with Gasteiger partial charge in [0.2, 0.25) is 0 Å². The van der Waals surface area contributed by atoms with Crippen LogP contribution in [0.15, 0.2) is 4.95 Å². The van der Waals surface area contributed by atoms with Gasteiger partial charge >= 0.3 is 22.0 Å². The molecule has 0 aliphatic carbocycles. The van der Waals surface area contributed by atoms with Crippen molar-refractivity contribution in [3.05, 3.63) is 4.91 Å². The molecule has 0 amide bonds. The van der Waals surface area contributed by atoms with Crippen LogP contribution in [0.3, 0.4) is 0 Å². The van der Waals surface area contributed by atoms with Crippen LogP contribution in [0.5, 0.6) is 0 Å². The molecule has 0 aromatic rings. The van der Waals surface area contributed by atoms with Gasteiger partial charge in [0.25, 0.3) is 0 Å². The smallest absolute Gasteiger partial charge is 0.456 e. The number of nitrogens with two attached hydrogens (primary N) is 1. The van der Waals surface area contributed by atoms with Crippen molar-refractivity contribution < 1.29 is 47.3 Å². The van der Waals surface area contributed by atoms with Gasteiger partial charge in [-0.05, 0) is 6.92 Å². The van der Waals surface area contributed by atoms with Crippen LogP contribution in [0, 0.1) is 4.91 Å². The van der Waals surface area contributed by atoms with Gasteiger partial charge in [0, 0.05) is 9.51 Å². The van der Waals surface area contributed by atoms with Crippen molar-refractivity contribution in [3.63, 3.8) is 0 Å². The molecular formula is C9H19N2O11P2+. The number of carbonyl (C=O) groups is 1. The largest absolute Gasteiger partial charge is 0.694 e. The molecule has 5 N–H and O–H groups in total. The molecule has 15 heteroatoms. The molecule has 0 saturated carbocycles. The van der Waals surface area contributed by atoms with Gasteiger partial charge in [-0.15, -0.1) is 14.3 Å². The molecule has 0 bridgehead atoms. The zero-order valence-corrected chi connectivity index (χ0v) is 14.4. The number of carbonyl (C=O) groups excluding carboxylic acids is 1. The van der Waals surface area contributed by atoms with Gasteiger partial charge in [0.15, 0.2) is 6.10 Å². The molecule has 13 nitrogen and oxygen atoms in total. The van der Waals surface area contributed by atoms with Crippen molar-refractivity contribution in [2.75, 3.05) is 26.4 Å². The topological polar surface area (TPSA) is 204 Å². The predicted octanol–water partition coefficient (Wildman–Crippen LogP) is -0.827. The first kappa shape index (κ1) is 23.1. The van der Waals surface area contributed by atoms with Crippen molar-refractivity contribution in [1.29, 1.82) is 0 Å². The first-order valence-electron chi connectivity index (χ1n) is 6.41. The maximum Gasteiger partial charge on any atom is 0.694 e. The van der Waals surface area contributed by atoms with Crippen molar-refractivity contribution >= 4 is 22.0 Å². The maximum atomic E-state index is 11.8. The molecule has 0 radical (unpaired) electrons. The van der Waals surface area contributed by atoms with Crippen molar-refractivity contribution in [1.82, 2.24) is 0 Å². The number of hydrogen-bond donors (Lipinski definition) is 4. The number of ether oxygens (including phenoxy) is 1. The number of hydrogen-bond acceptors (Lipinski definition) is 11. The zero-order valence-electron chi connectivity index (χ0n) is 12.6. The first-order valence-corrected chi connectivity index (χ1v) is 9.04. The predicted molar refractivity (Wildman–Crippen MR) is 77.7 cm³/mol. The second-order valence-electron chi connectivity index (χ2n) is 4.36. The Morgan fingerprint density at radius 1 is 1.33 bits per heavy atom. The normalized spacial score (nSPS) is 18.1. The van der Waals surface area contributed by atoms with Crippen molar-refractivity contribution in [3.8, 4) is 0 Å². The highest BCUT2D eigenvalue weighted by Crippen LogP contribution is 2.49. The molecule has 0 spiro atoms. The number of nitroso groups, excluding NO2 is 1. The molecule has 24 heavy (non-hydrogen) atoms. The quantitative estimate of drug-likeness (QED) is 0.172. The number of aliphatic hydroxyl groups excluding tert-OH is 2. The number of rotatable bonds is 13. The average molecular weight is 393 g/mol. The molecule has 0 aliphatic heterocycles. The Labute approximate surface area is 137 Å². The Morgan fingerprint density at radius 3 is 2.38 bits per heavy atom. The molecule has 0 aromatic heterocycles. The molecule has 0 aromatic carbocycles. The Bertz CT molecular complexity index is 474. The lowest BCUT2D eigenvalue weighted by atomic mass is 10.3. The maximum absolute atomic E-state index is 11.8. The van der Waals surface area contributed by atoms with E-state index in [4.69, 9.17) is 25.6 Å². The van der Waals surface area contributed by atoms with Crippen LogP contribution in [-0.2, 0) is 32.2 Å². The number of aliphatic hydroxyl groups is 2. The summed E-state index contributed by atoms with van der Waals surface area (Å²) in [6, 6.07) is -1.03. The summed E-state index contributed by atoms with van der Waals surface area (Å²) in [4.78, 5) is 32.7. The summed E-state index contributed by atoms with van der Waals surface area (Å²) in [6.45, 7) is -1.47. The van der Waals surface area contributed by atoms with E-state index in [1.165, 1.54) is 6.92 Å². The molecular weight excluding hydrogens is 374 g/mol. The minimum Gasteiger partial charge on any atom is -0.456 e. The Morgan fingerprint density at radius 2 is 1.92 bits per heavy atom. The summed E-state index contributed by atoms with van der Waals surface area (Å²) in [5, 5.41) is 17.6. The van der Waals surface area contributed by atoms with Crippen LogP contribution in [0.25, 0.3) is 0 Å². The number of nitrogens with zero attached hydrogens (tertiary/aromatic N) is 1. The van der Waals surface area contributed by atoms with E-state index in [2.05, 4.69) is 18.5 Å². The summed E-state index contributed by atoms with van der Waals surface area (Å²) in [5.74, 6) is -0.911. The zero-order chi connectivity index (χ0) is 18.8. The van der Waals surface area contributed by atoms with E-state index in [1.54, 1.807) is 0 Å². The van der Waals surface area contributed by atoms with E-state index in [1.807, 2.05) is 0 Å². The third kappa shape index (κ3) is 10.1. The Balaban J connectivity index is 4.73. The van der Waals surface area contributed by atoms with Gasteiger partial charge in [-0.25, -0.2) is 4.57 Å². The molecule has 0 heterocycles. The first-order chi connectivity index (χ1) is 11.1. The van der Waals surface area contributed by atoms with Gasteiger partial charge in [-0.1, -0.05) is 0 Å². The fourth-order valence-electron chi connectivity index (χ4n) is 1.03. The highest BCUT2D eigenvalue weighted by molar-refractivity contribution is 7.52. The van der Waals surface area contributed by atoms with Gasteiger partial charge in [0.05, 0.1) is 19.8 Å². The average Bonchev–Trinajstić information content (AvgIpc) is 2.54. The molecule has 0 saturated heterocycles. The van der Waals surface area contributed by atoms with E-state index in [-0.39, 0.29) is 0 Å². The summed E-state index contributed by atoms with van der Waals surface area (Å²) in [5.41, 5.74) is 5.28. The monoisotopic (exact) mass is 393 g/mol. The minimum absolute atomic E-state index is 0.623. The lowest BCUT2D eigenvalue weighted by Gasteiger charge is -2.18. The highest BCUT2D eigenvalue weighted by atomic mass is 31.2. The van der Waals surface area contributed by atoms with Crippen LogP contribution >= 0.6 is 16.0 Å². The van der Waals surface area contributed by atoms with E-state index < -0.39 is 66.6 Å². The van der Waals surface area contributed by atoms with Crippen molar-refractivity contribution in [2.24, 2.45) is 10.7 Å². The lowest BCUT2D eigenvalue weighted by Crippen LogP contribution is -2.35. The van der Waals surface area contributed by atoms with E-state index in [0.29, 0.717) is 0 Å². The van der Waals surface area contributed by atoms with Gasteiger partial charge < -0.3 is 20.7 Å². The fraction of sp³-hybridized carbons (Fsp3) is 0.889. The van der Waals surface area contributed by atoms with Crippen LogP contribution in [0.1, 0.15) is 6.92 Å².